The number of ether oxygens (including phenoxy) is 1. The first kappa shape index (κ1) is 15.5. The molecule has 0 radical (unpaired) electrons. The average molecular weight is 340 g/mol. The van der Waals surface area contributed by atoms with Crippen molar-refractivity contribution >= 4 is 21.8 Å². The molecule has 0 spiro atoms. The Labute approximate surface area is 129 Å². The Kier molecular flexibility index (Phi) is 5.22. The molecule has 0 aromatic heterocycles. The summed E-state index contributed by atoms with van der Waals surface area (Å²) in [7, 11) is 0. The molecular formula is C16H22BrNO2. The molecule has 3 nitrogen and oxygen atoms in total. The van der Waals surface area contributed by atoms with E-state index in [0.717, 1.165) is 29.3 Å². The fraction of sp³-hybridized carbons (Fsp3) is 0.562. The number of nitrogens with one attached hydrogen (secondary N) is 1. The Hall–Kier alpha value is -0.870. The molecule has 1 heterocycles. The fourth-order valence-electron chi connectivity index (χ4n) is 2.60. The van der Waals surface area contributed by atoms with Crippen molar-refractivity contribution in [3.05, 3.63) is 34.3 Å². The van der Waals surface area contributed by atoms with Crippen LogP contribution >= 0.6 is 15.9 Å². The van der Waals surface area contributed by atoms with Gasteiger partial charge in [-0.05, 0) is 43.9 Å². The van der Waals surface area contributed by atoms with Gasteiger partial charge in [0.05, 0.1) is 5.41 Å². The highest BCUT2D eigenvalue weighted by Gasteiger charge is 2.41. The van der Waals surface area contributed by atoms with Crippen LogP contribution in [0.4, 0.5) is 0 Å². The van der Waals surface area contributed by atoms with E-state index < -0.39 is 5.41 Å². The number of carbonyl (C=O) groups is 1. The van der Waals surface area contributed by atoms with E-state index in [4.69, 9.17) is 4.74 Å². The number of halogens is 1. The lowest BCUT2D eigenvalue weighted by atomic mass is 9.73. The molecule has 1 aliphatic heterocycles. The molecular weight excluding hydrogens is 318 g/mol. The van der Waals surface area contributed by atoms with Gasteiger partial charge in [-0.3, -0.25) is 4.79 Å². The van der Waals surface area contributed by atoms with Crippen LogP contribution in [0.3, 0.4) is 0 Å². The molecule has 110 valence electrons. The Morgan fingerprint density at radius 2 is 1.95 bits per heavy atom. The lowest BCUT2D eigenvalue weighted by Crippen LogP contribution is -2.50. The molecule has 1 fully saturated rings. The summed E-state index contributed by atoms with van der Waals surface area (Å²) in [5.41, 5.74) is 0.646. The highest BCUT2D eigenvalue weighted by molar-refractivity contribution is 9.10. The standard InChI is InChI=1S/C16H22BrNO2/c1-3-12(2)18-15(19)16(8-10-20-11-9-16)13-4-6-14(17)7-5-13/h4-7,12H,3,8-11H2,1-2H3,(H,18,19)/t12-/m1/s1. The molecule has 1 atom stereocenters. The minimum absolute atomic E-state index is 0.137. The van der Waals surface area contributed by atoms with E-state index in [1.165, 1.54) is 0 Å². The Bertz CT molecular complexity index is 452. The molecule has 1 saturated heterocycles. The fourth-order valence-corrected chi connectivity index (χ4v) is 2.86. The van der Waals surface area contributed by atoms with Gasteiger partial charge in [0.25, 0.3) is 0 Å². The topological polar surface area (TPSA) is 38.3 Å². The third kappa shape index (κ3) is 3.23. The molecule has 1 aliphatic rings. The molecule has 0 bridgehead atoms. The van der Waals surface area contributed by atoms with Crippen molar-refractivity contribution in [3.8, 4) is 0 Å². The van der Waals surface area contributed by atoms with Gasteiger partial charge in [0.1, 0.15) is 0 Å². The monoisotopic (exact) mass is 339 g/mol. The number of carbonyl (C=O) groups excluding carboxylic acids is 1. The number of amides is 1. The van der Waals surface area contributed by atoms with Crippen LogP contribution in [-0.2, 0) is 14.9 Å². The molecule has 2 rings (SSSR count). The van der Waals surface area contributed by atoms with E-state index in [1.807, 2.05) is 31.2 Å². The maximum Gasteiger partial charge on any atom is 0.231 e. The summed E-state index contributed by atoms with van der Waals surface area (Å²) in [4.78, 5) is 12.8. The van der Waals surface area contributed by atoms with Crippen LogP contribution in [0.1, 0.15) is 38.7 Å². The maximum atomic E-state index is 12.8. The van der Waals surface area contributed by atoms with Crippen molar-refractivity contribution in [1.82, 2.24) is 5.32 Å². The van der Waals surface area contributed by atoms with Crippen molar-refractivity contribution in [2.75, 3.05) is 13.2 Å². The minimum Gasteiger partial charge on any atom is -0.381 e. The van der Waals surface area contributed by atoms with Gasteiger partial charge in [-0.15, -0.1) is 0 Å². The molecule has 1 aromatic rings. The second-order valence-electron chi connectivity index (χ2n) is 5.48. The zero-order chi connectivity index (χ0) is 14.6. The first-order valence-electron chi connectivity index (χ1n) is 7.23. The first-order chi connectivity index (χ1) is 9.58. The number of rotatable bonds is 4. The van der Waals surface area contributed by atoms with Gasteiger partial charge < -0.3 is 10.1 Å². The summed E-state index contributed by atoms with van der Waals surface area (Å²) < 4.78 is 6.50. The molecule has 0 saturated carbocycles. The van der Waals surface area contributed by atoms with Crippen LogP contribution in [-0.4, -0.2) is 25.2 Å². The Morgan fingerprint density at radius 3 is 2.50 bits per heavy atom. The zero-order valence-corrected chi connectivity index (χ0v) is 13.7. The third-order valence-corrected chi connectivity index (χ3v) is 4.70. The second kappa shape index (κ2) is 6.72. The molecule has 20 heavy (non-hydrogen) atoms. The lowest BCUT2D eigenvalue weighted by Gasteiger charge is -2.37. The molecule has 0 unspecified atom stereocenters. The van der Waals surface area contributed by atoms with E-state index in [2.05, 4.69) is 28.2 Å². The van der Waals surface area contributed by atoms with E-state index in [9.17, 15) is 4.79 Å². The minimum atomic E-state index is -0.442. The molecule has 0 aliphatic carbocycles. The smallest absolute Gasteiger partial charge is 0.231 e. The SMILES string of the molecule is CC[C@@H](C)NC(=O)C1(c2ccc(Br)cc2)CCOCC1. The lowest BCUT2D eigenvalue weighted by molar-refractivity contribution is -0.131. The van der Waals surface area contributed by atoms with Crippen molar-refractivity contribution < 1.29 is 9.53 Å². The third-order valence-electron chi connectivity index (χ3n) is 4.17. The van der Waals surface area contributed by atoms with Crippen LogP contribution in [0.15, 0.2) is 28.7 Å². The highest BCUT2D eigenvalue weighted by Crippen LogP contribution is 2.36. The van der Waals surface area contributed by atoms with Gasteiger partial charge in [0.2, 0.25) is 5.91 Å². The summed E-state index contributed by atoms with van der Waals surface area (Å²) in [6, 6.07) is 8.31. The van der Waals surface area contributed by atoms with E-state index in [1.54, 1.807) is 0 Å². The van der Waals surface area contributed by atoms with E-state index in [0.29, 0.717) is 13.2 Å². The van der Waals surface area contributed by atoms with Crippen LogP contribution in [0.5, 0.6) is 0 Å². The highest BCUT2D eigenvalue weighted by atomic mass is 79.9. The van der Waals surface area contributed by atoms with Gasteiger partial charge in [-0.1, -0.05) is 35.0 Å². The summed E-state index contributed by atoms with van der Waals surface area (Å²) >= 11 is 3.45. The van der Waals surface area contributed by atoms with Crippen LogP contribution in [0, 0.1) is 0 Å². The summed E-state index contributed by atoms with van der Waals surface area (Å²) in [5.74, 6) is 0.137. The largest absolute Gasteiger partial charge is 0.381 e. The van der Waals surface area contributed by atoms with Crippen LogP contribution in [0.2, 0.25) is 0 Å². The molecule has 1 amide bonds. The summed E-state index contributed by atoms with van der Waals surface area (Å²) in [6.07, 6.45) is 2.44. The van der Waals surface area contributed by atoms with Gasteiger partial charge in [0.15, 0.2) is 0 Å². The predicted molar refractivity (Wildman–Crippen MR) is 83.8 cm³/mol. The van der Waals surface area contributed by atoms with Gasteiger partial charge in [-0.2, -0.15) is 0 Å². The van der Waals surface area contributed by atoms with Crippen molar-refractivity contribution in [2.45, 2.75) is 44.6 Å². The number of hydrogen-bond acceptors (Lipinski definition) is 2. The quantitative estimate of drug-likeness (QED) is 0.912. The number of benzene rings is 1. The normalized spacial score (nSPS) is 19.4. The van der Waals surface area contributed by atoms with Gasteiger partial charge in [0, 0.05) is 23.7 Å². The van der Waals surface area contributed by atoms with Crippen molar-refractivity contribution in [1.29, 1.82) is 0 Å². The number of hydrogen-bond donors (Lipinski definition) is 1. The summed E-state index contributed by atoms with van der Waals surface area (Å²) in [6.45, 7) is 5.42. The Balaban J connectivity index is 2.29. The van der Waals surface area contributed by atoms with Crippen LogP contribution in [0.25, 0.3) is 0 Å². The van der Waals surface area contributed by atoms with Crippen molar-refractivity contribution in [2.24, 2.45) is 0 Å². The average Bonchev–Trinajstić information content (AvgIpc) is 2.48. The van der Waals surface area contributed by atoms with E-state index >= 15 is 0 Å². The van der Waals surface area contributed by atoms with Gasteiger partial charge >= 0.3 is 0 Å². The van der Waals surface area contributed by atoms with E-state index in [-0.39, 0.29) is 11.9 Å². The summed E-state index contributed by atoms with van der Waals surface area (Å²) in [5, 5.41) is 3.15. The van der Waals surface area contributed by atoms with Crippen molar-refractivity contribution in [3.63, 3.8) is 0 Å². The molecule has 1 aromatic carbocycles. The zero-order valence-electron chi connectivity index (χ0n) is 12.1. The predicted octanol–water partition coefficient (Wildman–Crippen LogP) is 3.41. The Morgan fingerprint density at radius 1 is 1.35 bits per heavy atom. The van der Waals surface area contributed by atoms with Gasteiger partial charge in [-0.25, -0.2) is 0 Å². The molecule has 4 heteroatoms. The van der Waals surface area contributed by atoms with Crippen LogP contribution < -0.4 is 5.32 Å². The maximum absolute atomic E-state index is 12.8. The molecule has 1 N–H and O–H groups in total. The first-order valence-corrected chi connectivity index (χ1v) is 8.02. The second-order valence-corrected chi connectivity index (χ2v) is 6.40.